The molecule has 2 heterocycles. The highest BCUT2D eigenvalue weighted by Gasteiger charge is 2.16. The van der Waals surface area contributed by atoms with E-state index in [2.05, 4.69) is 25.6 Å². The van der Waals surface area contributed by atoms with E-state index in [1.54, 1.807) is 7.05 Å². The van der Waals surface area contributed by atoms with Gasteiger partial charge in [-0.1, -0.05) is 6.07 Å². The fraction of sp³-hybridized carbons (Fsp3) is 0.526. The number of aryl methyl sites for hydroxylation is 2. The van der Waals surface area contributed by atoms with Crippen LogP contribution in [0.15, 0.2) is 27.7 Å². The van der Waals surface area contributed by atoms with Crippen LogP contribution in [-0.4, -0.2) is 29.1 Å². The average molecular weight is 485 g/mol. The van der Waals surface area contributed by atoms with E-state index in [-0.39, 0.29) is 24.0 Å². The van der Waals surface area contributed by atoms with Gasteiger partial charge >= 0.3 is 0 Å². The maximum Gasteiger partial charge on any atom is 0.214 e. The first-order valence-corrected chi connectivity index (χ1v) is 9.13. The predicted octanol–water partition coefficient (Wildman–Crippen LogP) is 3.49. The molecule has 2 aromatic heterocycles. The van der Waals surface area contributed by atoms with Gasteiger partial charge in [0, 0.05) is 25.9 Å². The lowest BCUT2D eigenvalue weighted by Gasteiger charge is -2.13. The summed E-state index contributed by atoms with van der Waals surface area (Å²) in [5.41, 5.74) is 1.98. The van der Waals surface area contributed by atoms with E-state index in [1.807, 2.05) is 32.2 Å². The predicted molar refractivity (Wildman–Crippen MR) is 116 cm³/mol. The molecule has 0 spiro atoms. The summed E-state index contributed by atoms with van der Waals surface area (Å²) in [7, 11) is 1.73. The van der Waals surface area contributed by atoms with Gasteiger partial charge < -0.3 is 19.8 Å². The van der Waals surface area contributed by atoms with Gasteiger partial charge in [-0.15, -0.1) is 24.0 Å². The molecule has 1 aliphatic rings. The molecule has 0 bridgehead atoms. The van der Waals surface area contributed by atoms with Crippen LogP contribution in [0.4, 0.5) is 0 Å². The lowest BCUT2D eigenvalue weighted by molar-refractivity contribution is 0.201. The maximum absolute atomic E-state index is 5.89. The van der Waals surface area contributed by atoms with Crippen molar-refractivity contribution in [1.29, 1.82) is 0 Å². The number of aliphatic imine (C=N–C) groups is 1. The molecule has 8 heteroatoms. The second-order valence-electron chi connectivity index (χ2n) is 6.56. The molecular weight excluding hydrogens is 457 g/mol. The van der Waals surface area contributed by atoms with E-state index >= 15 is 0 Å². The van der Waals surface area contributed by atoms with Crippen molar-refractivity contribution < 1.29 is 9.15 Å². The largest absolute Gasteiger partial charge is 0.474 e. The highest BCUT2D eigenvalue weighted by molar-refractivity contribution is 14.0. The number of hydrogen-bond acceptors (Lipinski definition) is 5. The molecule has 1 aliphatic carbocycles. The number of nitrogens with one attached hydrogen (secondary N) is 2. The number of hydrogen-bond donors (Lipinski definition) is 2. The molecule has 0 atom stereocenters. The fourth-order valence-electron chi connectivity index (χ4n) is 2.94. The van der Waals surface area contributed by atoms with Crippen LogP contribution < -0.4 is 15.4 Å². The molecule has 0 radical (unpaired) electrons. The first-order chi connectivity index (χ1) is 12.6. The van der Waals surface area contributed by atoms with E-state index in [0.29, 0.717) is 36.9 Å². The number of aromatic nitrogens is 2. The Labute approximate surface area is 177 Å². The molecule has 0 saturated heterocycles. The molecule has 0 aliphatic heterocycles. The van der Waals surface area contributed by atoms with Gasteiger partial charge in [-0.2, -0.15) is 0 Å². The number of ether oxygens (including phenoxy) is 1. The van der Waals surface area contributed by atoms with Gasteiger partial charge in [-0.3, -0.25) is 4.99 Å². The van der Waals surface area contributed by atoms with Crippen molar-refractivity contribution in [2.45, 2.75) is 58.7 Å². The Morgan fingerprint density at radius 2 is 1.96 bits per heavy atom. The zero-order valence-corrected chi connectivity index (χ0v) is 18.4. The summed E-state index contributed by atoms with van der Waals surface area (Å²) >= 11 is 0. The van der Waals surface area contributed by atoms with Gasteiger partial charge in [-0.25, -0.2) is 9.97 Å². The zero-order chi connectivity index (χ0) is 18.4. The van der Waals surface area contributed by atoms with Gasteiger partial charge in [0.2, 0.25) is 11.8 Å². The van der Waals surface area contributed by atoms with Crippen LogP contribution in [0.3, 0.4) is 0 Å². The normalized spacial score (nSPS) is 14.7. The number of guanidine groups is 1. The Hall–Kier alpha value is -1.84. The van der Waals surface area contributed by atoms with Crippen LogP contribution in [0.25, 0.3) is 0 Å². The molecule has 148 valence electrons. The lowest BCUT2D eigenvalue weighted by Crippen LogP contribution is -2.36. The number of halogens is 1. The van der Waals surface area contributed by atoms with Crippen LogP contribution >= 0.6 is 24.0 Å². The standard InChI is InChI=1S/C19H27N5O2.HI/c1-13-14(2)25-18(24-13)12-23-19(20-3)22-11-15-8-9-17(21-10-15)26-16-6-4-5-7-16;/h8-10,16H,4-7,11-12H2,1-3H3,(H2,20,22,23);1H. The number of pyridine rings is 1. The quantitative estimate of drug-likeness (QED) is 0.370. The monoisotopic (exact) mass is 485 g/mol. The van der Waals surface area contributed by atoms with Gasteiger partial charge in [0.1, 0.15) is 11.9 Å². The molecular formula is C19H28IN5O2. The molecule has 27 heavy (non-hydrogen) atoms. The minimum atomic E-state index is 0. The van der Waals surface area contributed by atoms with E-state index in [0.717, 1.165) is 29.9 Å². The third kappa shape index (κ3) is 6.37. The molecule has 2 aromatic rings. The summed E-state index contributed by atoms with van der Waals surface area (Å²) in [6.45, 7) is 4.95. The lowest BCUT2D eigenvalue weighted by atomic mass is 10.3. The van der Waals surface area contributed by atoms with Crippen molar-refractivity contribution in [3.8, 4) is 5.88 Å². The fourth-order valence-corrected chi connectivity index (χ4v) is 2.94. The third-order valence-corrected chi connectivity index (χ3v) is 4.55. The molecule has 0 amide bonds. The van der Waals surface area contributed by atoms with E-state index < -0.39 is 0 Å². The van der Waals surface area contributed by atoms with Gasteiger partial charge in [0.05, 0.1) is 12.2 Å². The molecule has 2 N–H and O–H groups in total. The molecule has 0 unspecified atom stereocenters. The van der Waals surface area contributed by atoms with Crippen molar-refractivity contribution in [3.63, 3.8) is 0 Å². The Kier molecular flexibility index (Phi) is 8.33. The van der Waals surface area contributed by atoms with Crippen molar-refractivity contribution in [3.05, 3.63) is 41.2 Å². The van der Waals surface area contributed by atoms with Gasteiger partial charge in [0.25, 0.3) is 0 Å². The minimum Gasteiger partial charge on any atom is -0.474 e. The number of rotatable bonds is 6. The zero-order valence-electron chi connectivity index (χ0n) is 16.1. The topological polar surface area (TPSA) is 84.6 Å². The first-order valence-electron chi connectivity index (χ1n) is 9.13. The van der Waals surface area contributed by atoms with E-state index in [1.165, 1.54) is 12.8 Å². The van der Waals surface area contributed by atoms with Crippen molar-refractivity contribution in [1.82, 2.24) is 20.6 Å². The average Bonchev–Trinajstić information content (AvgIpc) is 3.26. The highest BCUT2D eigenvalue weighted by Crippen LogP contribution is 2.22. The first kappa shape index (κ1) is 21.5. The van der Waals surface area contributed by atoms with Crippen LogP contribution in [0.1, 0.15) is 48.6 Å². The van der Waals surface area contributed by atoms with Crippen LogP contribution in [0, 0.1) is 13.8 Å². The van der Waals surface area contributed by atoms with Crippen LogP contribution in [0.2, 0.25) is 0 Å². The smallest absolute Gasteiger partial charge is 0.214 e. The number of oxazole rings is 1. The van der Waals surface area contributed by atoms with Crippen molar-refractivity contribution >= 4 is 29.9 Å². The van der Waals surface area contributed by atoms with E-state index in [9.17, 15) is 0 Å². The second kappa shape index (κ2) is 10.5. The molecule has 3 rings (SSSR count). The Morgan fingerprint density at radius 3 is 2.56 bits per heavy atom. The molecule has 1 fully saturated rings. The Morgan fingerprint density at radius 1 is 1.22 bits per heavy atom. The maximum atomic E-state index is 5.89. The van der Waals surface area contributed by atoms with Gasteiger partial charge in [-0.05, 0) is 45.1 Å². The summed E-state index contributed by atoms with van der Waals surface area (Å²) in [6, 6.07) is 3.96. The highest BCUT2D eigenvalue weighted by atomic mass is 127. The second-order valence-corrected chi connectivity index (χ2v) is 6.56. The SMILES string of the molecule is CN=C(NCc1ccc(OC2CCCC2)nc1)NCc1nc(C)c(C)o1.I. The van der Waals surface area contributed by atoms with Crippen molar-refractivity contribution in [2.75, 3.05) is 7.05 Å². The molecule has 1 saturated carbocycles. The molecule has 7 nitrogen and oxygen atoms in total. The van der Waals surface area contributed by atoms with E-state index in [4.69, 9.17) is 9.15 Å². The summed E-state index contributed by atoms with van der Waals surface area (Å²) in [5.74, 6) is 2.89. The van der Waals surface area contributed by atoms with Crippen LogP contribution in [0.5, 0.6) is 5.88 Å². The minimum absolute atomic E-state index is 0. The summed E-state index contributed by atoms with van der Waals surface area (Å²) in [6.07, 6.45) is 6.95. The number of nitrogens with zero attached hydrogens (tertiary/aromatic N) is 3. The summed E-state index contributed by atoms with van der Waals surface area (Å²) in [5, 5.41) is 6.45. The van der Waals surface area contributed by atoms with Crippen molar-refractivity contribution in [2.24, 2.45) is 4.99 Å². The van der Waals surface area contributed by atoms with Crippen LogP contribution in [-0.2, 0) is 13.1 Å². The van der Waals surface area contributed by atoms with Gasteiger partial charge in [0.15, 0.2) is 5.96 Å². The summed E-state index contributed by atoms with van der Waals surface area (Å²) < 4.78 is 11.5. The Bertz CT molecular complexity index is 720. The molecule has 0 aromatic carbocycles. The summed E-state index contributed by atoms with van der Waals surface area (Å²) in [4.78, 5) is 13.0. The third-order valence-electron chi connectivity index (χ3n) is 4.55. The Balaban J connectivity index is 0.00000261.